The molecule has 10 nitrogen and oxygen atoms in total. The second-order valence-corrected chi connectivity index (χ2v) is 12.0. The molecule has 0 rings (SSSR count). The van der Waals surface area contributed by atoms with Crippen LogP contribution in [0.3, 0.4) is 0 Å². The van der Waals surface area contributed by atoms with Crippen molar-refractivity contribution in [1.29, 1.82) is 0 Å². The number of carbonyl (C=O) groups excluding carboxylic acids is 3. The second kappa shape index (κ2) is 23.2. The minimum absolute atomic E-state index is 0.00607. The lowest BCUT2D eigenvalue weighted by Crippen LogP contribution is -2.37. The van der Waals surface area contributed by atoms with Crippen molar-refractivity contribution in [2.24, 2.45) is 0 Å². The van der Waals surface area contributed by atoms with Crippen LogP contribution in [0, 0.1) is 0 Å². The van der Waals surface area contributed by atoms with Gasteiger partial charge in [0, 0.05) is 19.8 Å². The van der Waals surface area contributed by atoms with E-state index < -0.39 is 32.5 Å². The SMILES string of the molecule is CCCCCC(=O)/C=C/C=C\C/C=C\C/C=C\CCCC(=O)O[C@H](COC(C)=O)COP(=O)(O)OCC[N+](C)(C)C. The number of carbonyl (C=O) groups is 3. The van der Waals surface area contributed by atoms with Gasteiger partial charge in [0.2, 0.25) is 0 Å². The fourth-order valence-electron chi connectivity index (χ4n) is 3.10. The molecular formula is C30H51NO9P+. The van der Waals surface area contributed by atoms with Crippen molar-refractivity contribution in [1.82, 2.24) is 0 Å². The summed E-state index contributed by atoms with van der Waals surface area (Å²) in [5, 5.41) is 0. The van der Waals surface area contributed by atoms with Gasteiger partial charge in [-0.2, -0.15) is 0 Å². The van der Waals surface area contributed by atoms with Crippen molar-refractivity contribution in [3.63, 3.8) is 0 Å². The number of nitrogens with zero attached hydrogens (tertiary/aromatic N) is 1. The quantitative estimate of drug-likeness (QED) is 0.0286. The minimum Gasteiger partial charge on any atom is -0.462 e. The molecule has 0 aliphatic carbocycles. The molecule has 0 aliphatic heterocycles. The maximum Gasteiger partial charge on any atom is 0.472 e. The molecule has 0 amide bonds. The smallest absolute Gasteiger partial charge is 0.462 e. The van der Waals surface area contributed by atoms with Crippen molar-refractivity contribution in [2.45, 2.75) is 77.7 Å². The Morgan fingerprint density at radius 3 is 2.22 bits per heavy atom. The molecule has 0 aliphatic rings. The molecule has 0 aromatic carbocycles. The number of phosphoric ester groups is 1. The van der Waals surface area contributed by atoms with Gasteiger partial charge in [-0.25, -0.2) is 4.57 Å². The molecule has 2 atom stereocenters. The number of likely N-dealkylation sites (N-methyl/N-ethyl adjacent to an activating group) is 1. The van der Waals surface area contributed by atoms with Crippen LogP contribution in [0.4, 0.5) is 0 Å². The van der Waals surface area contributed by atoms with Crippen LogP contribution in [-0.4, -0.2) is 80.7 Å². The Bertz CT molecular complexity index is 919. The molecule has 0 fully saturated rings. The Kier molecular flexibility index (Phi) is 21.9. The van der Waals surface area contributed by atoms with Gasteiger partial charge in [-0.3, -0.25) is 23.4 Å². The lowest BCUT2D eigenvalue weighted by atomic mass is 10.1. The van der Waals surface area contributed by atoms with Crippen LogP contribution < -0.4 is 0 Å². The molecule has 0 radical (unpaired) electrons. The molecule has 41 heavy (non-hydrogen) atoms. The summed E-state index contributed by atoms with van der Waals surface area (Å²) in [4.78, 5) is 44.9. The summed E-state index contributed by atoms with van der Waals surface area (Å²) in [6.45, 7) is 3.07. The maximum atomic E-state index is 12.2. The monoisotopic (exact) mass is 600 g/mol. The van der Waals surface area contributed by atoms with Crippen molar-refractivity contribution in [3.05, 3.63) is 48.6 Å². The zero-order valence-corrected chi connectivity index (χ0v) is 26.4. The third kappa shape index (κ3) is 27.6. The van der Waals surface area contributed by atoms with Crippen LogP contribution in [0.5, 0.6) is 0 Å². The lowest BCUT2D eigenvalue weighted by molar-refractivity contribution is -0.870. The summed E-state index contributed by atoms with van der Waals surface area (Å²) in [5.74, 6) is -0.936. The zero-order chi connectivity index (χ0) is 31.0. The third-order valence-corrected chi connectivity index (χ3v) is 6.38. The molecule has 11 heteroatoms. The van der Waals surface area contributed by atoms with Gasteiger partial charge in [0.25, 0.3) is 0 Å². The number of phosphoric acid groups is 1. The normalized spacial score (nSPS) is 14.7. The average molecular weight is 601 g/mol. The van der Waals surface area contributed by atoms with Crippen LogP contribution in [0.15, 0.2) is 48.6 Å². The number of hydrogen-bond acceptors (Lipinski definition) is 8. The average Bonchev–Trinajstić information content (AvgIpc) is 2.87. The summed E-state index contributed by atoms with van der Waals surface area (Å²) < 4.78 is 32.7. The predicted molar refractivity (Wildman–Crippen MR) is 160 cm³/mol. The van der Waals surface area contributed by atoms with E-state index in [-0.39, 0.29) is 25.4 Å². The van der Waals surface area contributed by atoms with Crippen LogP contribution in [0.25, 0.3) is 0 Å². The first-order valence-electron chi connectivity index (χ1n) is 14.3. The Hall–Kier alpha value is -2.36. The molecule has 0 aromatic rings. The van der Waals surface area contributed by atoms with E-state index in [4.69, 9.17) is 18.5 Å². The number of allylic oxidation sites excluding steroid dienone is 8. The summed E-state index contributed by atoms with van der Waals surface area (Å²) >= 11 is 0. The molecule has 0 saturated carbocycles. The standard InChI is InChI=1S/C30H50NO9P/c1-6-7-17-20-28(33)21-18-15-13-11-9-8-10-12-14-16-19-22-30(34)40-29(25-37-27(2)32)26-39-41(35,36)38-24-23-31(3,4)5/h8-9,12-15,18,21,29H,6-7,10-11,16-17,19-20,22-26H2,1-5H3/p+1/b9-8-,14-12-,15-13-,21-18+/t29-/m1/s1. The number of quaternary nitrogens is 1. The van der Waals surface area contributed by atoms with E-state index in [9.17, 15) is 23.8 Å². The van der Waals surface area contributed by atoms with E-state index in [1.807, 2.05) is 57.6 Å². The van der Waals surface area contributed by atoms with E-state index in [2.05, 4.69) is 6.92 Å². The number of esters is 2. The third-order valence-electron chi connectivity index (χ3n) is 5.40. The van der Waals surface area contributed by atoms with Crippen molar-refractivity contribution >= 4 is 25.5 Å². The Morgan fingerprint density at radius 2 is 1.56 bits per heavy atom. The summed E-state index contributed by atoms with van der Waals surface area (Å²) in [5.41, 5.74) is 0. The Morgan fingerprint density at radius 1 is 0.878 bits per heavy atom. The van der Waals surface area contributed by atoms with Crippen molar-refractivity contribution in [2.75, 3.05) is 47.5 Å². The number of hydrogen-bond donors (Lipinski definition) is 1. The van der Waals surface area contributed by atoms with E-state index in [1.54, 1.807) is 12.2 Å². The van der Waals surface area contributed by atoms with E-state index >= 15 is 0 Å². The second-order valence-electron chi connectivity index (χ2n) is 10.5. The highest BCUT2D eigenvalue weighted by atomic mass is 31.2. The lowest BCUT2D eigenvalue weighted by Gasteiger charge is -2.24. The summed E-state index contributed by atoms with van der Waals surface area (Å²) in [6, 6.07) is 0. The van der Waals surface area contributed by atoms with Crippen LogP contribution >= 0.6 is 7.82 Å². The highest BCUT2D eigenvalue weighted by Gasteiger charge is 2.26. The van der Waals surface area contributed by atoms with Crippen LogP contribution in [-0.2, 0) is 37.5 Å². The molecule has 0 saturated heterocycles. The zero-order valence-electron chi connectivity index (χ0n) is 25.5. The Balaban J connectivity index is 4.27. The molecule has 1 N–H and O–H groups in total. The fourth-order valence-corrected chi connectivity index (χ4v) is 3.84. The van der Waals surface area contributed by atoms with Gasteiger partial charge >= 0.3 is 19.8 Å². The van der Waals surface area contributed by atoms with Crippen molar-refractivity contribution in [3.8, 4) is 0 Å². The van der Waals surface area contributed by atoms with Gasteiger partial charge in [0.1, 0.15) is 19.8 Å². The van der Waals surface area contributed by atoms with E-state index in [0.717, 1.165) is 32.1 Å². The first-order valence-corrected chi connectivity index (χ1v) is 15.8. The number of ketones is 1. The number of unbranched alkanes of at least 4 members (excludes halogenated alkanes) is 3. The molecule has 234 valence electrons. The molecular weight excluding hydrogens is 549 g/mol. The summed E-state index contributed by atoms with van der Waals surface area (Å²) in [7, 11) is 1.38. The van der Waals surface area contributed by atoms with Crippen molar-refractivity contribution < 1.29 is 46.8 Å². The van der Waals surface area contributed by atoms with E-state index in [1.165, 1.54) is 6.92 Å². The van der Waals surface area contributed by atoms with Crippen LogP contribution in [0.2, 0.25) is 0 Å². The topological polar surface area (TPSA) is 125 Å². The van der Waals surface area contributed by atoms with Crippen LogP contribution in [0.1, 0.15) is 71.6 Å². The summed E-state index contributed by atoms with van der Waals surface area (Å²) in [6.07, 6.45) is 21.0. The first-order chi connectivity index (χ1) is 19.3. The molecule has 0 aromatic heterocycles. The fraction of sp³-hybridized carbons (Fsp3) is 0.633. The molecule has 1 unspecified atom stereocenters. The molecule has 0 heterocycles. The van der Waals surface area contributed by atoms with E-state index in [0.29, 0.717) is 30.3 Å². The van der Waals surface area contributed by atoms with Gasteiger partial charge in [0.15, 0.2) is 11.9 Å². The maximum absolute atomic E-state index is 12.2. The Labute approximate surface area is 246 Å². The first kappa shape index (κ1) is 38.6. The number of ether oxygens (including phenoxy) is 2. The predicted octanol–water partition coefficient (Wildman–Crippen LogP) is 5.63. The van der Waals surface area contributed by atoms with Gasteiger partial charge in [0.05, 0.1) is 27.7 Å². The molecule has 0 spiro atoms. The number of rotatable bonds is 24. The highest BCUT2D eigenvalue weighted by Crippen LogP contribution is 2.43. The van der Waals surface area contributed by atoms with Gasteiger partial charge in [-0.1, -0.05) is 62.3 Å². The van der Waals surface area contributed by atoms with Gasteiger partial charge in [-0.05, 0) is 38.2 Å². The highest BCUT2D eigenvalue weighted by molar-refractivity contribution is 7.47. The van der Waals surface area contributed by atoms with Gasteiger partial charge < -0.3 is 18.9 Å². The largest absolute Gasteiger partial charge is 0.472 e. The minimum atomic E-state index is -4.36. The molecule has 0 bridgehead atoms. The van der Waals surface area contributed by atoms with Gasteiger partial charge in [-0.15, -0.1) is 0 Å².